The lowest BCUT2D eigenvalue weighted by Crippen LogP contribution is -2.28. The van der Waals surface area contributed by atoms with Crippen molar-refractivity contribution in [3.8, 4) is 0 Å². The number of hydrogen-bond acceptors (Lipinski definition) is 5. The van der Waals surface area contributed by atoms with E-state index in [-0.39, 0.29) is 28.0 Å². The normalized spacial score (nSPS) is 11.8. The molecule has 0 aliphatic rings. The third-order valence-electron chi connectivity index (χ3n) is 2.69. The van der Waals surface area contributed by atoms with Crippen molar-refractivity contribution in [3.05, 3.63) is 40.1 Å². The second kappa shape index (κ2) is 6.71. The lowest BCUT2D eigenvalue weighted by atomic mass is 10.2. The van der Waals surface area contributed by atoms with Crippen LogP contribution in [0.5, 0.6) is 0 Å². The van der Waals surface area contributed by atoms with E-state index in [4.69, 9.17) is 28.9 Å². The molecule has 2 rings (SSSR count). The van der Waals surface area contributed by atoms with E-state index in [1.165, 1.54) is 23.0 Å². The van der Waals surface area contributed by atoms with E-state index >= 15 is 0 Å². The summed E-state index contributed by atoms with van der Waals surface area (Å²) in [5, 5.41) is 7.70. The van der Waals surface area contributed by atoms with Crippen molar-refractivity contribution in [3.63, 3.8) is 0 Å². The predicted octanol–water partition coefficient (Wildman–Crippen LogP) is 1.02. The van der Waals surface area contributed by atoms with Crippen LogP contribution in [0.15, 0.2) is 29.4 Å². The molecule has 10 heteroatoms. The minimum atomic E-state index is -3.78. The second-order valence-corrected chi connectivity index (χ2v) is 6.69. The maximum Gasteiger partial charge on any atom is 0.242 e. The fourth-order valence-electron chi connectivity index (χ4n) is 1.69. The van der Waals surface area contributed by atoms with Crippen molar-refractivity contribution in [1.29, 1.82) is 0 Å². The number of nitrogens with two attached hydrogens (primary N) is 1. The van der Waals surface area contributed by atoms with E-state index in [0.29, 0.717) is 12.1 Å². The minimum Gasteiger partial charge on any atom is -0.326 e. The number of rotatable bonds is 6. The molecule has 0 saturated carbocycles. The van der Waals surface area contributed by atoms with Crippen LogP contribution >= 0.6 is 23.2 Å². The number of aromatic nitrogens is 3. The summed E-state index contributed by atoms with van der Waals surface area (Å²) in [7, 11) is -3.78. The van der Waals surface area contributed by atoms with Gasteiger partial charge in [0, 0.05) is 24.3 Å². The van der Waals surface area contributed by atoms with Crippen LogP contribution in [0.4, 0.5) is 0 Å². The van der Waals surface area contributed by atoms with Gasteiger partial charge in [-0.05, 0) is 17.7 Å². The molecular weight excluding hydrogens is 337 g/mol. The van der Waals surface area contributed by atoms with E-state index in [1.807, 2.05) is 0 Å². The van der Waals surface area contributed by atoms with Gasteiger partial charge in [0.1, 0.15) is 4.90 Å². The summed E-state index contributed by atoms with van der Waals surface area (Å²) in [5.74, 6) is 0. The quantitative estimate of drug-likeness (QED) is 0.810. The lowest BCUT2D eigenvalue weighted by Gasteiger charge is -2.11. The van der Waals surface area contributed by atoms with Gasteiger partial charge in [0.25, 0.3) is 0 Å². The Morgan fingerprint density at radius 1 is 1.33 bits per heavy atom. The first-order valence-electron chi connectivity index (χ1n) is 5.96. The second-order valence-electron chi connectivity index (χ2n) is 4.15. The highest BCUT2D eigenvalue weighted by atomic mass is 35.5. The molecule has 0 unspecified atom stereocenters. The molecule has 1 heterocycles. The summed E-state index contributed by atoms with van der Waals surface area (Å²) < 4.78 is 28.5. The number of halogens is 2. The zero-order valence-electron chi connectivity index (χ0n) is 10.8. The average Bonchev–Trinajstić information content (AvgIpc) is 2.93. The molecule has 1 aromatic carbocycles. The number of hydrogen-bond donors (Lipinski definition) is 2. The topological polar surface area (TPSA) is 103 Å². The van der Waals surface area contributed by atoms with Crippen LogP contribution in [0.3, 0.4) is 0 Å². The molecule has 0 spiro atoms. The number of benzene rings is 1. The Morgan fingerprint density at radius 3 is 2.71 bits per heavy atom. The molecule has 0 saturated heterocycles. The van der Waals surface area contributed by atoms with Gasteiger partial charge >= 0.3 is 0 Å². The van der Waals surface area contributed by atoms with Crippen molar-refractivity contribution in [2.24, 2.45) is 5.73 Å². The van der Waals surface area contributed by atoms with Crippen molar-refractivity contribution in [2.45, 2.75) is 18.0 Å². The predicted molar refractivity (Wildman–Crippen MR) is 79.6 cm³/mol. The number of nitrogens with zero attached hydrogens (tertiary/aromatic N) is 3. The molecule has 1 aromatic heterocycles. The van der Waals surface area contributed by atoms with Gasteiger partial charge in [-0.2, -0.15) is 0 Å². The summed E-state index contributed by atoms with van der Waals surface area (Å²) in [4.78, 5) is -0.0873. The SMILES string of the molecule is NCc1cc(Cl)cc(S(=O)(=O)NCCn2ccnn2)c1Cl. The van der Waals surface area contributed by atoms with E-state index in [0.717, 1.165) is 0 Å². The maximum atomic E-state index is 12.3. The summed E-state index contributed by atoms with van der Waals surface area (Å²) in [6, 6.07) is 2.83. The van der Waals surface area contributed by atoms with Crippen LogP contribution in [0, 0.1) is 0 Å². The van der Waals surface area contributed by atoms with Crippen LogP contribution in [-0.2, 0) is 23.1 Å². The van der Waals surface area contributed by atoms with Crippen molar-refractivity contribution < 1.29 is 8.42 Å². The summed E-state index contributed by atoms with van der Waals surface area (Å²) in [6.07, 6.45) is 3.14. The van der Waals surface area contributed by atoms with Crippen LogP contribution in [0.1, 0.15) is 5.56 Å². The molecule has 0 aliphatic heterocycles. The third kappa shape index (κ3) is 3.92. The first-order chi connectivity index (χ1) is 9.94. The zero-order valence-corrected chi connectivity index (χ0v) is 13.2. The van der Waals surface area contributed by atoms with E-state index in [1.54, 1.807) is 6.20 Å². The van der Waals surface area contributed by atoms with E-state index in [2.05, 4.69) is 15.0 Å². The molecule has 0 atom stereocenters. The largest absolute Gasteiger partial charge is 0.326 e. The first-order valence-corrected chi connectivity index (χ1v) is 8.19. The molecule has 0 fully saturated rings. The third-order valence-corrected chi connectivity index (χ3v) is 4.96. The zero-order chi connectivity index (χ0) is 15.5. The Bertz CT molecular complexity index is 718. The van der Waals surface area contributed by atoms with Crippen LogP contribution < -0.4 is 10.5 Å². The van der Waals surface area contributed by atoms with E-state index in [9.17, 15) is 8.42 Å². The first kappa shape index (κ1) is 16.2. The highest BCUT2D eigenvalue weighted by Gasteiger charge is 2.20. The number of nitrogens with one attached hydrogen (secondary N) is 1. The molecular formula is C11H13Cl2N5O2S. The number of sulfonamides is 1. The summed E-state index contributed by atoms with van der Waals surface area (Å²) >= 11 is 12.0. The molecule has 114 valence electrons. The van der Waals surface area contributed by atoms with Crippen molar-refractivity contribution in [2.75, 3.05) is 6.54 Å². The fourth-order valence-corrected chi connectivity index (χ4v) is 3.65. The van der Waals surface area contributed by atoms with Gasteiger partial charge in [0.05, 0.1) is 17.8 Å². The Morgan fingerprint density at radius 2 is 2.10 bits per heavy atom. The maximum absolute atomic E-state index is 12.3. The lowest BCUT2D eigenvalue weighted by molar-refractivity contribution is 0.553. The standard InChI is InChI=1S/C11H13Cl2N5O2S/c12-9-5-8(7-14)11(13)10(6-9)21(19,20)16-2-4-18-3-1-15-17-18/h1,3,5-6,16H,2,4,7,14H2. The smallest absolute Gasteiger partial charge is 0.242 e. The van der Waals surface area contributed by atoms with Crippen molar-refractivity contribution in [1.82, 2.24) is 19.7 Å². The fraction of sp³-hybridized carbons (Fsp3) is 0.273. The molecule has 0 aliphatic carbocycles. The molecule has 3 N–H and O–H groups in total. The average molecular weight is 350 g/mol. The summed E-state index contributed by atoms with van der Waals surface area (Å²) in [6.45, 7) is 0.592. The van der Waals surface area contributed by atoms with Gasteiger partial charge in [-0.1, -0.05) is 28.4 Å². The minimum absolute atomic E-state index is 0.0788. The molecule has 21 heavy (non-hydrogen) atoms. The highest BCUT2D eigenvalue weighted by molar-refractivity contribution is 7.89. The Labute approximate surface area is 132 Å². The van der Waals surface area contributed by atoms with Gasteiger partial charge < -0.3 is 5.73 Å². The Balaban J connectivity index is 2.17. The molecule has 0 bridgehead atoms. The van der Waals surface area contributed by atoms with Gasteiger partial charge in [0.15, 0.2) is 0 Å². The van der Waals surface area contributed by atoms with Gasteiger partial charge in [-0.25, -0.2) is 13.1 Å². The highest BCUT2D eigenvalue weighted by Crippen LogP contribution is 2.29. The van der Waals surface area contributed by atoms with Gasteiger partial charge in [-0.3, -0.25) is 4.68 Å². The van der Waals surface area contributed by atoms with E-state index < -0.39 is 10.0 Å². The van der Waals surface area contributed by atoms with Crippen LogP contribution in [-0.4, -0.2) is 30.0 Å². The molecule has 0 amide bonds. The molecule has 2 aromatic rings. The van der Waals surface area contributed by atoms with Gasteiger partial charge in [0.2, 0.25) is 10.0 Å². The summed E-state index contributed by atoms with van der Waals surface area (Å²) in [5.41, 5.74) is 5.99. The molecule has 7 nitrogen and oxygen atoms in total. The monoisotopic (exact) mass is 349 g/mol. The van der Waals surface area contributed by atoms with Gasteiger partial charge in [-0.15, -0.1) is 5.10 Å². The molecule has 0 radical (unpaired) electrons. The Kier molecular flexibility index (Phi) is 5.17. The van der Waals surface area contributed by atoms with Crippen LogP contribution in [0.2, 0.25) is 10.0 Å². The Hall–Kier alpha value is -1.19. The van der Waals surface area contributed by atoms with Crippen LogP contribution in [0.25, 0.3) is 0 Å². The van der Waals surface area contributed by atoms with Crippen molar-refractivity contribution >= 4 is 33.2 Å².